The van der Waals surface area contributed by atoms with E-state index in [9.17, 15) is 9.59 Å². The predicted octanol–water partition coefficient (Wildman–Crippen LogP) is -0.0761. The number of rotatable bonds is 3. The van der Waals surface area contributed by atoms with Crippen molar-refractivity contribution < 1.29 is 14.5 Å². The van der Waals surface area contributed by atoms with Gasteiger partial charge in [-0.15, -0.1) is 0 Å². The van der Waals surface area contributed by atoms with Gasteiger partial charge in [-0.05, 0) is 39.5 Å². The lowest BCUT2D eigenvalue weighted by molar-refractivity contribution is -0.920. The summed E-state index contributed by atoms with van der Waals surface area (Å²) in [5, 5.41) is 5.07. The monoisotopic (exact) mass is 256 g/mol. The maximum Gasteiger partial charge on any atom is 0.321 e. The SMILES string of the molecule is CC1CC[NH+]([C@H](C)C(=O)NC(=O)NC(C)C)CC1. The molecule has 1 atom stereocenters. The van der Waals surface area contributed by atoms with Crippen LogP contribution in [0.25, 0.3) is 0 Å². The molecule has 0 radical (unpaired) electrons. The lowest BCUT2D eigenvalue weighted by atomic mass is 9.98. The molecule has 3 N–H and O–H groups in total. The molecule has 1 aliphatic rings. The van der Waals surface area contributed by atoms with Gasteiger partial charge in [0.2, 0.25) is 0 Å². The van der Waals surface area contributed by atoms with Gasteiger partial charge in [0.15, 0.2) is 6.04 Å². The first kappa shape index (κ1) is 15.0. The van der Waals surface area contributed by atoms with Gasteiger partial charge in [0, 0.05) is 6.04 Å². The van der Waals surface area contributed by atoms with Crippen LogP contribution in [0.3, 0.4) is 0 Å². The second-order valence-corrected chi connectivity index (χ2v) is 5.68. The number of imide groups is 1. The molecule has 0 unspecified atom stereocenters. The Morgan fingerprint density at radius 2 is 1.72 bits per heavy atom. The van der Waals surface area contributed by atoms with Crippen molar-refractivity contribution in [3.8, 4) is 0 Å². The number of likely N-dealkylation sites (tertiary alicyclic amines) is 1. The molecule has 1 saturated heterocycles. The Balaban J connectivity index is 2.39. The van der Waals surface area contributed by atoms with Crippen molar-refractivity contribution in [3.05, 3.63) is 0 Å². The van der Waals surface area contributed by atoms with Crippen LogP contribution in [0.4, 0.5) is 4.79 Å². The minimum atomic E-state index is -0.397. The first-order valence-electron chi connectivity index (χ1n) is 6.86. The highest BCUT2D eigenvalue weighted by atomic mass is 16.2. The van der Waals surface area contributed by atoms with Crippen LogP contribution in [0.2, 0.25) is 0 Å². The molecule has 0 bridgehead atoms. The number of carbonyl (C=O) groups excluding carboxylic acids is 2. The zero-order valence-electron chi connectivity index (χ0n) is 11.9. The molecular formula is C13H26N3O2+. The van der Waals surface area contributed by atoms with Gasteiger partial charge in [0.05, 0.1) is 13.1 Å². The fourth-order valence-corrected chi connectivity index (χ4v) is 2.27. The van der Waals surface area contributed by atoms with Crippen LogP contribution in [0, 0.1) is 5.92 Å². The number of carbonyl (C=O) groups is 2. The smallest absolute Gasteiger partial charge is 0.321 e. The predicted molar refractivity (Wildman–Crippen MR) is 70.4 cm³/mol. The van der Waals surface area contributed by atoms with E-state index in [1.54, 1.807) is 0 Å². The van der Waals surface area contributed by atoms with Gasteiger partial charge in [0.25, 0.3) is 5.91 Å². The third kappa shape index (κ3) is 4.64. The molecule has 0 saturated carbocycles. The maximum atomic E-state index is 11.9. The Labute approximate surface area is 109 Å². The Kier molecular flexibility index (Phi) is 5.59. The van der Waals surface area contributed by atoms with Crippen molar-refractivity contribution in [2.45, 2.75) is 52.6 Å². The second kappa shape index (κ2) is 6.73. The van der Waals surface area contributed by atoms with E-state index in [1.165, 1.54) is 4.90 Å². The zero-order valence-corrected chi connectivity index (χ0v) is 11.9. The fraction of sp³-hybridized carbons (Fsp3) is 0.846. The highest BCUT2D eigenvalue weighted by Crippen LogP contribution is 2.07. The maximum absolute atomic E-state index is 11.9. The number of nitrogens with one attached hydrogen (secondary N) is 3. The number of hydrogen-bond acceptors (Lipinski definition) is 2. The van der Waals surface area contributed by atoms with Crippen molar-refractivity contribution in [1.29, 1.82) is 0 Å². The van der Waals surface area contributed by atoms with E-state index in [4.69, 9.17) is 0 Å². The van der Waals surface area contributed by atoms with Crippen LogP contribution in [-0.4, -0.2) is 37.1 Å². The van der Waals surface area contributed by atoms with E-state index in [0.717, 1.165) is 31.8 Å². The molecule has 1 rings (SSSR count). The molecule has 0 aromatic rings. The molecule has 5 heteroatoms. The summed E-state index contributed by atoms with van der Waals surface area (Å²) in [4.78, 5) is 24.7. The zero-order chi connectivity index (χ0) is 13.7. The van der Waals surface area contributed by atoms with E-state index in [1.807, 2.05) is 20.8 Å². The molecule has 3 amide bonds. The second-order valence-electron chi connectivity index (χ2n) is 5.68. The molecule has 18 heavy (non-hydrogen) atoms. The van der Waals surface area contributed by atoms with Crippen molar-refractivity contribution in [2.24, 2.45) is 5.92 Å². The van der Waals surface area contributed by atoms with Crippen molar-refractivity contribution in [1.82, 2.24) is 10.6 Å². The molecule has 0 aliphatic carbocycles. The molecule has 5 nitrogen and oxygen atoms in total. The largest absolute Gasteiger partial charge is 0.336 e. The summed E-state index contributed by atoms with van der Waals surface area (Å²) < 4.78 is 0. The topological polar surface area (TPSA) is 62.6 Å². The lowest BCUT2D eigenvalue weighted by Gasteiger charge is -2.31. The molecule has 1 aliphatic heterocycles. The number of urea groups is 1. The number of amides is 3. The summed E-state index contributed by atoms with van der Waals surface area (Å²) in [7, 11) is 0. The van der Waals surface area contributed by atoms with Crippen LogP contribution in [0.15, 0.2) is 0 Å². The Morgan fingerprint density at radius 1 is 1.17 bits per heavy atom. The van der Waals surface area contributed by atoms with E-state index >= 15 is 0 Å². The lowest BCUT2D eigenvalue weighted by Crippen LogP contribution is -3.17. The van der Waals surface area contributed by atoms with Gasteiger partial charge in [0.1, 0.15) is 0 Å². The minimum Gasteiger partial charge on any atom is -0.336 e. The summed E-state index contributed by atoms with van der Waals surface area (Å²) in [6.45, 7) is 9.90. The fourth-order valence-electron chi connectivity index (χ4n) is 2.27. The van der Waals surface area contributed by atoms with Gasteiger partial charge in [-0.3, -0.25) is 10.1 Å². The van der Waals surface area contributed by atoms with E-state index in [0.29, 0.717) is 0 Å². The van der Waals surface area contributed by atoms with Crippen LogP contribution < -0.4 is 15.5 Å². The Morgan fingerprint density at radius 3 is 2.22 bits per heavy atom. The quantitative estimate of drug-likeness (QED) is 0.661. The number of hydrogen-bond donors (Lipinski definition) is 3. The first-order chi connectivity index (χ1) is 8.40. The van der Waals surface area contributed by atoms with Crippen LogP contribution in [0.1, 0.15) is 40.5 Å². The van der Waals surface area contributed by atoms with E-state index in [2.05, 4.69) is 17.6 Å². The molecule has 104 valence electrons. The average Bonchev–Trinajstić information content (AvgIpc) is 2.27. The number of quaternary nitrogens is 1. The van der Waals surface area contributed by atoms with Crippen LogP contribution in [-0.2, 0) is 4.79 Å². The van der Waals surface area contributed by atoms with E-state index < -0.39 is 6.03 Å². The summed E-state index contributed by atoms with van der Waals surface area (Å²) in [5.41, 5.74) is 0. The van der Waals surface area contributed by atoms with E-state index in [-0.39, 0.29) is 18.0 Å². The molecule has 1 fully saturated rings. The van der Waals surface area contributed by atoms with Gasteiger partial charge in [-0.25, -0.2) is 4.79 Å². The minimum absolute atomic E-state index is 0.0382. The normalized spacial score (nSPS) is 25.6. The molecule has 0 aromatic heterocycles. The highest BCUT2D eigenvalue weighted by Gasteiger charge is 2.29. The van der Waals surface area contributed by atoms with Crippen molar-refractivity contribution in [2.75, 3.05) is 13.1 Å². The first-order valence-corrected chi connectivity index (χ1v) is 6.86. The van der Waals surface area contributed by atoms with Gasteiger partial charge in [-0.1, -0.05) is 6.92 Å². The summed E-state index contributed by atoms with van der Waals surface area (Å²) in [6.07, 6.45) is 2.32. The molecular weight excluding hydrogens is 230 g/mol. The van der Waals surface area contributed by atoms with Gasteiger partial charge >= 0.3 is 6.03 Å². The standard InChI is InChI=1S/C13H25N3O2/c1-9(2)14-13(18)15-12(17)11(4)16-7-5-10(3)6-8-16/h9-11H,5-8H2,1-4H3,(H2,14,15,17,18)/p+1/t11-/m1/s1. The third-order valence-electron chi connectivity index (χ3n) is 3.58. The van der Waals surface area contributed by atoms with Crippen molar-refractivity contribution in [3.63, 3.8) is 0 Å². The molecule has 0 aromatic carbocycles. The summed E-state index contributed by atoms with van der Waals surface area (Å²) in [6, 6.07) is -0.515. The number of piperidine rings is 1. The molecule has 1 heterocycles. The van der Waals surface area contributed by atoms with Crippen LogP contribution in [0.5, 0.6) is 0 Å². The third-order valence-corrected chi connectivity index (χ3v) is 3.58. The van der Waals surface area contributed by atoms with Crippen LogP contribution >= 0.6 is 0 Å². The average molecular weight is 256 g/mol. The Hall–Kier alpha value is -1.10. The summed E-state index contributed by atoms with van der Waals surface area (Å²) in [5.74, 6) is 0.575. The summed E-state index contributed by atoms with van der Waals surface area (Å²) >= 11 is 0. The highest BCUT2D eigenvalue weighted by molar-refractivity contribution is 5.96. The molecule has 0 spiro atoms. The Bertz CT molecular complexity index is 297. The van der Waals surface area contributed by atoms with Gasteiger partial charge < -0.3 is 10.2 Å². The van der Waals surface area contributed by atoms with Gasteiger partial charge in [-0.2, -0.15) is 0 Å². The van der Waals surface area contributed by atoms with Crippen molar-refractivity contribution >= 4 is 11.9 Å².